The lowest BCUT2D eigenvalue weighted by Crippen LogP contribution is -2.33. The number of carbonyl (C=O) groups excluding carboxylic acids is 4. The van der Waals surface area contributed by atoms with Crippen LogP contribution in [0, 0.1) is 0 Å². The minimum atomic E-state index is -0.664. The zero-order valence-electron chi connectivity index (χ0n) is 13.2. The fourth-order valence-electron chi connectivity index (χ4n) is 2.21. The topological polar surface area (TPSA) is 102 Å². The molecule has 1 fully saturated rings. The minimum Gasteiger partial charge on any atom is -0.468 e. The lowest BCUT2D eigenvalue weighted by Gasteiger charge is -2.15. The third-order valence-electron chi connectivity index (χ3n) is 3.48. The predicted molar refractivity (Wildman–Crippen MR) is 83.3 cm³/mol. The number of carbonyl (C=O) groups is 4. The van der Waals surface area contributed by atoms with Gasteiger partial charge in [0.05, 0.1) is 12.7 Å². The molecule has 24 heavy (non-hydrogen) atoms. The molecule has 1 heterocycles. The smallest absolute Gasteiger partial charge is 0.338 e. The van der Waals surface area contributed by atoms with Crippen LogP contribution in [0.25, 0.3) is 0 Å². The van der Waals surface area contributed by atoms with Crippen molar-refractivity contribution >= 4 is 29.4 Å². The number of nitrogens with one attached hydrogen (secondary N) is 1. The number of esters is 2. The maximum absolute atomic E-state index is 11.9. The molecule has 1 aliphatic heterocycles. The highest BCUT2D eigenvalue weighted by Crippen LogP contribution is 2.21. The fraction of sp³-hybridized carbons (Fsp3) is 0.375. The summed E-state index contributed by atoms with van der Waals surface area (Å²) in [5.74, 6) is -1.80. The monoisotopic (exact) mass is 334 g/mol. The van der Waals surface area contributed by atoms with Crippen LogP contribution in [-0.2, 0) is 23.9 Å². The summed E-state index contributed by atoms with van der Waals surface area (Å²) in [6.07, 6.45) is 1.35. The van der Waals surface area contributed by atoms with Crippen molar-refractivity contribution in [1.82, 2.24) is 5.32 Å². The Labute approximate surface area is 138 Å². The Morgan fingerprint density at radius 3 is 2.50 bits per heavy atom. The highest BCUT2D eigenvalue weighted by Gasteiger charge is 2.21. The van der Waals surface area contributed by atoms with Gasteiger partial charge in [0.2, 0.25) is 5.91 Å². The Morgan fingerprint density at radius 1 is 1.21 bits per heavy atom. The molecule has 0 atom stereocenters. The molecule has 1 saturated heterocycles. The van der Waals surface area contributed by atoms with E-state index in [0.717, 1.165) is 12.1 Å². The molecular formula is C16H18N2O6. The maximum atomic E-state index is 11.9. The summed E-state index contributed by atoms with van der Waals surface area (Å²) in [7, 11) is 1.20. The minimum absolute atomic E-state index is 0.0626. The molecule has 0 saturated carbocycles. The van der Waals surface area contributed by atoms with Gasteiger partial charge < -0.3 is 19.7 Å². The first-order chi connectivity index (χ1) is 11.5. The average molecular weight is 334 g/mol. The van der Waals surface area contributed by atoms with Crippen LogP contribution in [0.3, 0.4) is 0 Å². The van der Waals surface area contributed by atoms with Gasteiger partial charge in [0.1, 0.15) is 6.54 Å². The lowest BCUT2D eigenvalue weighted by atomic mass is 10.2. The largest absolute Gasteiger partial charge is 0.468 e. The first-order valence-electron chi connectivity index (χ1n) is 7.42. The average Bonchev–Trinajstić information content (AvgIpc) is 3.03. The van der Waals surface area contributed by atoms with Gasteiger partial charge in [0.15, 0.2) is 6.61 Å². The number of anilines is 1. The van der Waals surface area contributed by atoms with Gasteiger partial charge in [-0.3, -0.25) is 14.4 Å². The van der Waals surface area contributed by atoms with Gasteiger partial charge in [0, 0.05) is 18.7 Å². The molecule has 1 N–H and O–H groups in total. The summed E-state index contributed by atoms with van der Waals surface area (Å²) >= 11 is 0. The molecular weight excluding hydrogens is 316 g/mol. The highest BCUT2D eigenvalue weighted by molar-refractivity contribution is 5.96. The summed E-state index contributed by atoms with van der Waals surface area (Å²) in [6, 6.07) is 6.40. The second-order valence-electron chi connectivity index (χ2n) is 5.12. The number of amides is 2. The molecule has 0 spiro atoms. The van der Waals surface area contributed by atoms with E-state index in [9.17, 15) is 19.2 Å². The second-order valence-corrected chi connectivity index (χ2v) is 5.12. The lowest BCUT2D eigenvalue weighted by molar-refractivity contribution is -0.141. The van der Waals surface area contributed by atoms with E-state index in [4.69, 9.17) is 4.74 Å². The Balaban J connectivity index is 1.83. The van der Waals surface area contributed by atoms with Gasteiger partial charge in [-0.25, -0.2) is 4.79 Å². The van der Waals surface area contributed by atoms with Gasteiger partial charge in [0.25, 0.3) is 5.91 Å². The van der Waals surface area contributed by atoms with Crippen molar-refractivity contribution in [2.24, 2.45) is 0 Å². The SMILES string of the molecule is COC(=O)CNC(=O)COC(=O)c1ccc(N2CCCC2=O)cc1. The Morgan fingerprint density at radius 2 is 1.92 bits per heavy atom. The summed E-state index contributed by atoms with van der Waals surface area (Å²) in [5, 5.41) is 2.26. The number of rotatable bonds is 6. The van der Waals surface area contributed by atoms with E-state index < -0.39 is 24.5 Å². The Kier molecular flexibility index (Phi) is 5.89. The van der Waals surface area contributed by atoms with Crippen molar-refractivity contribution < 1.29 is 28.7 Å². The van der Waals surface area contributed by atoms with Gasteiger partial charge in [-0.05, 0) is 30.7 Å². The molecule has 2 amide bonds. The summed E-state index contributed by atoms with van der Waals surface area (Å²) < 4.78 is 9.23. The molecule has 0 aliphatic carbocycles. The van der Waals surface area contributed by atoms with E-state index in [1.165, 1.54) is 19.2 Å². The number of hydrogen-bond donors (Lipinski definition) is 1. The summed E-state index contributed by atoms with van der Waals surface area (Å²) in [4.78, 5) is 47.5. The van der Waals surface area contributed by atoms with Crippen LogP contribution < -0.4 is 10.2 Å². The number of hydrogen-bond acceptors (Lipinski definition) is 6. The van der Waals surface area contributed by atoms with Gasteiger partial charge >= 0.3 is 11.9 Å². The molecule has 0 radical (unpaired) electrons. The van der Waals surface area contributed by atoms with Crippen LogP contribution in [0.1, 0.15) is 23.2 Å². The van der Waals surface area contributed by atoms with Crippen LogP contribution in [-0.4, -0.2) is 50.6 Å². The normalized spacial score (nSPS) is 13.5. The van der Waals surface area contributed by atoms with Crippen LogP contribution in [0.15, 0.2) is 24.3 Å². The van der Waals surface area contributed by atoms with Crippen molar-refractivity contribution in [2.75, 3.05) is 31.7 Å². The third-order valence-corrected chi connectivity index (χ3v) is 3.48. The second kappa shape index (κ2) is 8.09. The molecule has 1 aromatic carbocycles. The molecule has 8 nitrogen and oxygen atoms in total. The number of benzene rings is 1. The quantitative estimate of drug-likeness (QED) is 0.749. The molecule has 1 aliphatic rings. The zero-order valence-corrected chi connectivity index (χ0v) is 13.2. The van der Waals surface area contributed by atoms with Gasteiger partial charge in [-0.1, -0.05) is 0 Å². The first kappa shape index (κ1) is 17.5. The van der Waals surface area contributed by atoms with Crippen molar-refractivity contribution in [2.45, 2.75) is 12.8 Å². The number of nitrogens with zero attached hydrogens (tertiary/aromatic N) is 1. The van der Waals surface area contributed by atoms with Crippen LogP contribution in [0.4, 0.5) is 5.69 Å². The van der Waals surface area contributed by atoms with Gasteiger partial charge in [-0.15, -0.1) is 0 Å². The van der Waals surface area contributed by atoms with E-state index in [-0.39, 0.29) is 18.0 Å². The molecule has 0 unspecified atom stereocenters. The van der Waals surface area contributed by atoms with E-state index >= 15 is 0 Å². The number of methoxy groups -OCH3 is 1. The molecule has 8 heteroatoms. The molecule has 1 aromatic rings. The van der Waals surface area contributed by atoms with Crippen molar-refractivity contribution in [3.05, 3.63) is 29.8 Å². The van der Waals surface area contributed by atoms with Crippen molar-refractivity contribution in [3.63, 3.8) is 0 Å². The van der Waals surface area contributed by atoms with E-state index in [0.29, 0.717) is 13.0 Å². The molecule has 128 valence electrons. The van der Waals surface area contributed by atoms with Crippen LogP contribution in [0.2, 0.25) is 0 Å². The fourth-order valence-corrected chi connectivity index (χ4v) is 2.21. The first-order valence-corrected chi connectivity index (χ1v) is 7.42. The summed E-state index contributed by atoms with van der Waals surface area (Å²) in [6.45, 7) is -0.114. The van der Waals surface area contributed by atoms with Crippen LogP contribution in [0.5, 0.6) is 0 Å². The number of ether oxygens (including phenoxy) is 2. The van der Waals surface area contributed by atoms with E-state index in [2.05, 4.69) is 10.1 Å². The molecule has 0 bridgehead atoms. The van der Waals surface area contributed by atoms with Crippen LogP contribution >= 0.6 is 0 Å². The molecule has 0 aromatic heterocycles. The standard InChI is InChI=1S/C16H18N2O6/c1-23-15(21)9-17-13(19)10-24-16(22)11-4-6-12(7-5-11)18-8-2-3-14(18)20/h4-7H,2-3,8-10H2,1H3,(H,17,19). The maximum Gasteiger partial charge on any atom is 0.338 e. The van der Waals surface area contributed by atoms with Crippen molar-refractivity contribution in [1.29, 1.82) is 0 Å². The summed E-state index contributed by atoms with van der Waals surface area (Å²) in [5.41, 5.74) is 0.996. The third kappa shape index (κ3) is 4.55. The van der Waals surface area contributed by atoms with E-state index in [1.807, 2.05) is 0 Å². The zero-order chi connectivity index (χ0) is 17.5. The Bertz CT molecular complexity index is 640. The van der Waals surface area contributed by atoms with E-state index in [1.54, 1.807) is 17.0 Å². The predicted octanol–water partition coefficient (Wildman–Crippen LogP) is 0.259. The molecule has 2 rings (SSSR count). The van der Waals surface area contributed by atoms with Crippen molar-refractivity contribution in [3.8, 4) is 0 Å². The highest BCUT2D eigenvalue weighted by atomic mass is 16.5. The van der Waals surface area contributed by atoms with Gasteiger partial charge in [-0.2, -0.15) is 0 Å². The Hall–Kier alpha value is -2.90.